The molecule has 12 heteroatoms. The van der Waals surface area contributed by atoms with Crippen LogP contribution in [0.15, 0.2) is 229 Å². The van der Waals surface area contributed by atoms with E-state index < -0.39 is 0 Å². The van der Waals surface area contributed by atoms with Crippen molar-refractivity contribution in [2.24, 2.45) is 5.92 Å². The fraction of sp³-hybridized carbons (Fsp3) is 0.326. The van der Waals surface area contributed by atoms with Crippen molar-refractivity contribution in [3.63, 3.8) is 0 Å². The van der Waals surface area contributed by atoms with Crippen LogP contribution in [-0.2, 0) is 6.42 Å². The number of nitrogens with one attached hydrogen (secondary N) is 1. The van der Waals surface area contributed by atoms with Gasteiger partial charge in [-0.05, 0) is 178 Å². The van der Waals surface area contributed by atoms with Crippen molar-refractivity contribution in [3.05, 3.63) is 279 Å². The molecule has 1 unspecified atom stereocenters. The maximum atomic E-state index is 11.5. The monoisotopic (exact) mass is 1380 g/mol. The molecule has 526 valence electrons. The number of thiazole rings is 1. The number of thiophene rings is 1. The van der Waals surface area contributed by atoms with Crippen molar-refractivity contribution in [1.29, 1.82) is 0 Å². The number of hydrogen-bond acceptors (Lipinski definition) is 10. The van der Waals surface area contributed by atoms with E-state index in [9.17, 15) is 4.79 Å². The lowest BCUT2D eigenvalue weighted by Crippen LogP contribution is -2.18. The van der Waals surface area contributed by atoms with Crippen molar-refractivity contribution in [2.45, 2.75) is 179 Å². The molecule has 1 N–H and O–H groups in total. The number of para-hydroxylation sites is 4. The van der Waals surface area contributed by atoms with E-state index in [1.807, 2.05) is 80.8 Å². The summed E-state index contributed by atoms with van der Waals surface area (Å²) in [4.78, 5) is 36.0. The Morgan fingerprint density at radius 3 is 1.78 bits per heavy atom. The van der Waals surface area contributed by atoms with Crippen LogP contribution in [0, 0.1) is 5.92 Å². The van der Waals surface area contributed by atoms with E-state index in [2.05, 4.69) is 278 Å². The van der Waals surface area contributed by atoms with Crippen LogP contribution >= 0.6 is 22.7 Å². The van der Waals surface area contributed by atoms with Gasteiger partial charge in [-0.25, -0.2) is 19.7 Å². The molecule has 10 nitrogen and oxygen atoms in total. The summed E-state index contributed by atoms with van der Waals surface area (Å²) in [6.45, 7) is 35.3. The Balaban J connectivity index is 0.000000146. The maximum Gasteiger partial charge on any atom is 0.326 e. The number of aromatic amines is 1. The molecule has 2 aliphatic rings. The van der Waals surface area contributed by atoms with Crippen LogP contribution < -0.4 is 15.2 Å². The fourth-order valence-corrected chi connectivity index (χ4v) is 14.4. The largest absolute Gasteiger partial charge is 0.454 e. The molecule has 0 saturated heterocycles. The Morgan fingerprint density at radius 1 is 0.495 bits per heavy atom. The van der Waals surface area contributed by atoms with Crippen LogP contribution in [0.1, 0.15) is 216 Å². The number of imidazole rings is 1. The minimum Gasteiger partial charge on any atom is -0.454 e. The quantitative estimate of drug-likeness (QED) is 0.160. The highest BCUT2D eigenvalue weighted by molar-refractivity contribution is 7.18. The standard InChI is InChI=1S/C13H14.2C12H13N.C12H16.C10H12N2O.C10H11NS.C10H12O2.C9H10N2S.CH4/c1-10(2)12-9-5-7-11-6-3-4-8-13(11)12;1-9(2)10-7-8-13-12-6-4-3-5-11(10)12;1-9(2)12-11-6-4-3-5-10(11)7-8-13-12;1-9(2)11-8-7-10-5-3-4-6-12(10)11;1-7(2)12-9-6-4-3-5-8(9)11-10(12)13;1-7(2)10-11-8-5-3-4-6-9(8)12-10;1-7(2)8-3-4-9-10(5-8)12-6-11-9;1-6(2)8-9-7(3-4-12-9)10-5-11-8;/h3-10H,1-2H3;2*3-9H,1-2H3;3-6,9,11H,7-8H2,1-2H3;3-7H,1-2H3,(H,11,13);3-7H,1-2H3;3-5,7H,6H2,1-2H3;3-6H,1-2H3;1H4. The number of benzene rings is 8. The van der Waals surface area contributed by atoms with E-state index in [-0.39, 0.29) is 19.2 Å². The number of hydrogen-bond donors (Lipinski definition) is 1. The number of rotatable bonds is 8. The Bertz CT molecular complexity index is 4690. The Hall–Kier alpha value is -9.36. The molecule has 1 aliphatic heterocycles. The predicted octanol–water partition coefficient (Wildman–Crippen LogP) is 25.4. The summed E-state index contributed by atoms with van der Waals surface area (Å²) >= 11 is 3.51. The first-order chi connectivity index (χ1) is 48.2. The molecule has 14 aromatic rings. The minimum atomic E-state index is -0.0313. The van der Waals surface area contributed by atoms with E-state index in [1.54, 1.807) is 44.7 Å². The molecule has 16 rings (SSSR count). The van der Waals surface area contributed by atoms with Crippen LogP contribution in [0.2, 0.25) is 0 Å². The lowest BCUT2D eigenvalue weighted by molar-refractivity contribution is 0.174. The summed E-state index contributed by atoms with van der Waals surface area (Å²) in [6.07, 6.45) is 8.07. The van der Waals surface area contributed by atoms with Gasteiger partial charge in [-0.15, -0.1) is 22.7 Å². The topological polar surface area (TPSA) is 121 Å². The highest BCUT2D eigenvalue weighted by Crippen LogP contribution is 2.38. The summed E-state index contributed by atoms with van der Waals surface area (Å²) in [7, 11) is 0. The third-order valence-electron chi connectivity index (χ3n) is 17.8. The van der Waals surface area contributed by atoms with Gasteiger partial charge in [0.1, 0.15) is 6.33 Å². The molecular formula is C89H105N7O3S2. The van der Waals surface area contributed by atoms with Gasteiger partial charge in [0, 0.05) is 35.1 Å². The van der Waals surface area contributed by atoms with Gasteiger partial charge < -0.3 is 14.5 Å². The van der Waals surface area contributed by atoms with Gasteiger partial charge in [0.2, 0.25) is 6.79 Å². The van der Waals surface area contributed by atoms with Gasteiger partial charge in [0.25, 0.3) is 0 Å². The number of H-pyrrole nitrogens is 1. The zero-order valence-corrected chi connectivity index (χ0v) is 63.0. The van der Waals surface area contributed by atoms with Crippen molar-refractivity contribution in [3.8, 4) is 11.5 Å². The summed E-state index contributed by atoms with van der Waals surface area (Å²) in [5.74, 6) is 6.58. The van der Waals surface area contributed by atoms with Crippen molar-refractivity contribution >= 4 is 86.6 Å². The maximum absolute atomic E-state index is 11.5. The average molecular weight is 1380 g/mol. The molecule has 6 aromatic heterocycles. The first kappa shape index (κ1) is 77.4. The molecular weight excluding hydrogens is 1280 g/mol. The van der Waals surface area contributed by atoms with E-state index in [0.29, 0.717) is 42.3 Å². The third kappa shape index (κ3) is 20.4. The number of pyridine rings is 2. The van der Waals surface area contributed by atoms with E-state index in [1.165, 1.54) is 76.6 Å². The molecule has 0 radical (unpaired) electrons. The molecule has 0 spiro atoms. The number of ether oxygens (including phenoxy) is 2. The zero-order chi connectivity index (χ0) is 71.4. The molecule has 8 aromatic carbocycles. The van der Waals surface area contributed by atoms with Gasteiger partial charge >= 0.3 is 5.69 Å². The van der Waals surface area contributed by atoms with Gasteiger partial charge in [-0.1, -0.05) is 244 Å². The first-order valence-corrected chi connectivity index (χ1v) is 37.2. The van der Waals surface area contributed by atoms with Crippen LogP contribution in [0.25, 0.3) is 63.9 Å². The van der Waals surface area contributed by atoms with Crippen molar-refractivity contribution in [2.75, 3.05) is 6.79 Å². The van der Waals surface area contributed by atoms with Crippen LogP contribution in [0.5, 0.6) is 11.5 Å². The summed E-state index contributed by atoms with van der Waals surface area (Å²) in [6, 6.07) is 69.2. The van der Waals surface area contributed by atoms with E-state index in [4.69, 9.17) is 9.47 Å². The second-order valence-electron chi connectivity index (χ2n) is 27.9. The first-order valence-electron chi connectivity index (χ1n) is 35.5. The highest BCUT2D eigenvalue weighted by Gasteiger charge is 2.24. The smallest absolute Gasteiger partial charge is 0.326 e. The normalized spacial score (nSPS) is 12.6. The lowest BCUT2D eigenvalue weighted by Gasteiger charge is -2.14. The summed E-state index contributed by atoms with van der Waals surface area (Å²) in [5, 5.41) is 9.86. The number of aromatic nitrogens is 7. The molecule has 0 saturated carbocycles. The van der Waals surface area contributed by atoms with Gasteiger partial charge in [0.05, 0.1) is 53.4 Å². The minimum absolute atomic E-state index is 0. The Labute approximate surface area is 608 Å². The highest BCUT2D eigenvalue weighted by atomic mass is 32.1. The molecule has 0 bridgehead atoms. The SMILES string of the molecule is C.CC(C)C1CCc2ccccc21.CC(C)c1ccc2c(c1)OCO2.CC(C)c1cccc2ccccc12.CC(C)c1ccnc2ccccc12.CC(C)c1nc2ccccc2s1.CC(C)c1nccc2ccccc12.CC(C)c1ncnc2ccsc12.CC(C)n1c(=O)[nH]c2ccccc21. The number of nitrogens with zero attached hydrogens (tertiary/aromatic N) is 6. The van der Waals surface area contributed by atoms with E-state index >= 15 is 0 Å². The summed E-state index contributed by atoms with van der Waals surface area (Å²) in [5.41, 5.74) is 14.8. The number of fused-ring (bicyclic) bond motifs is 8. The van der Waals surface area contributed by atoms with Crippen LogP contribution in [0.3, 0.4) is 0 Å². The summed E-state index contributed by atoms with van der Waals surface area (Å²) < 4.78 is 14.8. The molecule has 1 aliphatic carbocycles. The fourth-order valence-electron chi connectivity index (χ4n) is 12.5. The lowest BCUT2D eigenvalue weighted by atomic mass is 9.90. The molecule has 0 amide bonds. The van der Waals surface area contributed by atoms with Gasteiger partial charge in [0.15, 0.2) is 11.5 Å². The molecule has 0 fully saturated rings. The Morgan fingerprint density at radius 2 is 1.10 bits per heavy atom. The van der Waals surface area contributed by atoms with Gasteiger partial charge in [-0.3, -0.25) is 14.5 Å². The zero-order valence-electron chi connectivity index (χ0n) is 61.4. The molecule has 1 atom stereocenters. The third-order valence-corrected chi connectivity index (χ3v) is 20.1. The van der Waals surface area contributed by atoms with Crippen molar-refractivity contribution in [1.82, 2.24) is 34.5 Å². The second-order valence-corrected chi connectivity index (χ2v) is 29.8. The van der Waals surface area contributed by atoms with Gasteiger partial charge in [-0.2, -0.15) is 0 Å². The average Bonchev–Trinajstić information content (AvgIpc) is 1.74. The van der Waals surface area contributed by atoms with Crippen LogP contribution in [-0.4, -0.2) is 41.3 Å². The van der Waals surface area contributed by atoms with Crippen molar-refractivity contribution < 1.29 is 9.47 Å². The predicted molar refractivity (Wildman–Crippen MR) is 434 cm³/mol. The molecule has 7 heterocycles. The molecule has 101 heavy (non-hydrogen) atoms. The van der Waals surface area contributed by atoms with Crippen LogP contribution in [0.4, 0.5) is 0 Å². The Kier molecular flexibility index (Phi) is 28.6. The second kappa shape index (κ2) is 37.4. The van der Waals surface area contributed by atoms with E-state index in [0.717, 1.165) is 56.6 Å². The number of aryl methyl sites for hydroxylation is 1.